The molecule has 1 fully saturated rings. The summed E-state index contributed by atoms with van der Waals surface area (Å²) in [6, 6.07) is 11.8. The molecule has 7 nitrogen and oxygen atoms in total. The largest absolute Gasteiger partial charge is 0.344 e. The van der Waals surface area contributed by atoms with Crippen LogP contribution in [0.4, 0.5) is 0 Å². The van der Waals surface area contributed by atoms with Crippen molar-refractivity contribution in [3.63, 3.8) is 0 Å². The Balaban J connectivity index is 1.63. The highest BCUT2D eigenvalue weighted by molar-refractivity contribution is 7.99. The topological polar surface area (TPSA) is 104 Å². The van der Waals surface area contributed by atoms with Crippen molar-refractivity contribution in [3.05, 3.63) is 46.4 Å². The molecule has 1 aliphatic carbocycles. The van der Waals surface area contributed by atoms with Gasteiger partial charge < -0.3 is 5.32 Å². The van der Waals surface area contributed by atoms with Crippen LogP contribution in [0.5, 0.6) is 0 Å². The van der Waals surface area contributed by atoms with Crippen LogP contribution in [0, 0.1) is 17.2 Å². The number of nitrogens with zero attached hydrogens (tertiary/aromatic N) is 3. The van der Waals surface area contributed by atoms with Gasteiger partial charge in [-0.05, 0) is 31.2 Å². The lowest BCUT2D eigenvalue weighted by molar-refractivity contribution is -0.119. The van der Waals surface area contributed by atoms with Gasteiger partial charge >= 0.3 is 5.69 Å². The fourth-order valence-electron chi connectivity index (χ4n) is 2.66. The first-order valence-corrected chi connectivity index (χ1v) is 9.04. The van der Waals surface area contributed by atoms with Crippen LogP contribution < -0.4 is 11.0 Å². The number of H-pyrrole nitrogens is 1. The minimum absolute atomic E-state index is 0.100. The summed E-state index contributed by atoms with van der Waals surface area (Å²) in [5.41, 5.74) is -0.151. The van der Waals surface area contributed by atoms with Crippen molar-refractivity contribution in [2.45, 2.75) is 37.0 Å². The Bertz CT molecular complexity index is 850. The van der Waals surface area contributed by atoms with Gasteiger partial charge in [-0.3, -0.25) is 9.36 Å². The first kappa shape index (κ1) is 17.3. The molecule has 0 unspecified atom stereocenters. The average molecular weight is 357 g/mol. The fraction of sp³-hybridized carbons (Fsp3) is 0.412. The maximum Gasteiger partial charge on any atom is 0.344 e. The number of thioether (sulfide) groups is 1. The molecular weight excluding hydrogens is 338 g/mol. The van der Waals surface area contributed by atoms with Crippen LogP contribution in [0.15, 0.2) is 40.3 Å². The van der Waals surface area contributed by atoms with Gasteiger partial charge in [-0.1, -0.05) is 42.1 Å². The SMILES string of the molecule is C[C@](C#N)(NC(=O)CSc1n[nH]c(=O)n1Cc1ccccc1)C1CC1. The molecule has 1 heterocycles. The maximum absolute atomic E-state index is 12.2. The summed E-state index contributed by atoms with van der Waals surface area (Å²) < 4.78 is 1.50. The van der Waals surface area contributed by atoms with Crippen LogP contribution >= 0.6 is 11.8 Å². The van der Waals surface area contributed by atoms with Crippen LogP contribution in [-0.2, 0) is 11.3 Å². The summed E-state index contributed by atoms with van der Waals surface area (Å²) in [7, 11) is 0. The molecule has 1 amide bonds. The third-order valence-electron chi connectivity index (χ3n) is 4.26. The molecule has 25 heavy (non-hydrogen) atoms. The molecule has 0 spiro atoms. The van der Waals surface area contributed by atoms with E-state index < -0.39 is 5.54 Å². The second-order valence-electron chi connectivity index (χ2n) is 6.31. The van der Waals surface area contributed by atoms with E-state index in [2.05, 4.69) is 21.6 Å². The predicted molar refractivity (Wildman–Crippen MR) is 94.0 cm³/mol. The smallest absolute Gasteiger partial charge is 0.337 e. The van der Waals surface area contributed by atoms with E-state index in [-0.39, 0.29) is 23.3 Å². The molecule has 1 aromatic carbocycles. The van der Waals surface area contributed by atoms with Crippen molar-refractivity contribution in [1.29, 1.82) is 5.26 Å². The van der Waals surface area contributed by atoms with Gasteiger partial charge in [0.05, 0.1) is 18.4 Å². The Morgan fingerprint density at radius 2 is 2.20 bits per heavy atom. The summed E-state index contributed by atoms with van der Waals surface area (Å²) >= 11 is 1.18. The van der Waals surface area contributed by atoms with E-state index in [0.29, 0.717) is 11.7 Å². The number of rotatable bonds is 7. The van der Waals surface area contributed by atoms with Gasteiger partial charge in [0.25, 0.3) is 0 Å². The highest BCUT2D eigenvalue weighted by Crippen LogP contribution is 2.39. The third-order valence-corrected chi connectivity index (χ3v) is 5.24. The Hall–Kier alpha value is -2.53. The minimum atomic E-state index is -0.813. The molecule has 3 rings (SSSR count). The summed E-state index contributed by atoms with van der Waals surface area (Å²) in [4.78, 5) is 24.1. The van der Waals surface area contributed by atoms with E-state index in [1.165, 1.54) is 16.3 Å². The van der Waals surface area contributed by atoms with E-state index >= 15 is 0 Å². The van der Waals surface area contributed by atoms with Crippen molar-refractivity contribution in [2.75, 3.05) is 5.75 Å². The van der Waals surface area contributed by atoms with E-state index in [9.17, 15) is 14.9 Å². The summed E-state index contributed by atoms with van der Waals surface area (Å²) in [6.45, 7) is 2.14. The lowest BCUT2D eigenvalue weighted by Crippen LogP contribution is -2.47. The summed E-state index contributed by atoms with van der Waals surface area (Å²) in [6.07, 6.45) is 1.93. The first-order chi connectivity index (χ1) is 12.0. The lowest BCUT2D eigenvalue weighted by atomic mass is 9.98. The van der Waals surface area contributed by atoms with E-state index in [1.807, 2.05) is 30.3 Å². The monoisotopic (exact) mass is 357 g/mol. The zero-order valence-corrected chi connectivity index (χ0v) is 14.7. The van der Waals surface area contributed by atoms with Crippen LogP contribution in [0.2, 0.25) is 0 Å². The van der Waals surface area contributed by atoms with Crippen molar-refractivity contribution in [3.8, 4) is 6.07 Å². The number of aromatic nitrogens is 3. The number of amides is 1. The molecule has 8 heteroatoms. The van der Waals surface area contributed by atoms with Crippen molar-refractivity contribution < 1.29 is 4.79 Å². The fourth-order valence-corrected chi connectivity index (χ4v) is 3.40. The van der Waals surface area contributed by atoms with E-state index in [1.54, 1.807) is 6.92 Å². The van der Waals surface area contributed by atoms with Crippen LogP contribution in [-0.4, -0.2) is 32.0 Å². The van der Waals surface area contributed by atoms with Crippen molar-refractivity contribution in [2.24, 2.45) is 5.92 Å². The Kier molecular flexibility index (Phi) is 4.95. The molecule has 0 aliphatic heterocycles. The second-order valence-corrected chi connectivity index (χ2v) is 7.25. The molecule has 1 saturated carbocycles. The van der Waals surface area contributed by atoms with Crippen LogP contribution in [0.1, 0.15) is 25.3 Å². The molecule has 1 aromatic heterocycles. The third kappa shape index (κ3) is 4.12. The van der Waals surface area contributed by atoms with E-state index in [4.69, 9.17) is 0 Å². The highest BCUT2D eigenvalue weighted by Gasteiger charge is 2.42. The molecule has 130 valence electrons. The number of carbonyl (C=O) groups is 1. The zero-order chi connectivity index (χ0) is 17.9. The standard InChI is InChI=1S/C17H19N5O2S/c1-17(11-18,13-7-8-13)19-14(23)10-25-16-21-20-15(24)22(16)9-12-5-3-2-4-6-12/h2-6,13H,7-10H2,1H3,(H,19,23)(H,20,24)/t17-/m1/s1. The normalized spacial score (nSPS) is 16.0. The van der Waals surface area contributed by atoms with Gasteiger partial charge in [-0.2, -0.15) is 5.26 Å². The van der Waals surface area contributed by atoms with Gasteiger partial charge in [0, 0.05) is 0 Å². The number of hydrogen-bond donors (Lipinski definition) is 2. The molecule has 1 aliphatic rings. The Labute approximate surface area is 149 Å². The van der Waals surface area contributed by atoms with Crippen LogP contribution in [0.3, 0.4) is 0 Å². The number of nitrogens with one attached hydrogen (secondary N) is 2. The molecule has 1 atom stereocenters. The van der Waals surface area contributed by atoms with Gasteiger partial charge in [0.1, 0.15) is 5.54 Å². The maximum atomic E-state index is 12.2. The number of aromatic amines is 1. The predicted octanol–water partition coefficient (Wildman–Crippen LogP) is 1.52. The number of nitriles is 1. The minimum Gasteiger partial charge on any atom is -0.337 e. The summed E-state index contributed by atoms with van der Waals surface area (Å²) in [5.74, 6) is 0.0963. The first-order valence-electron chi connectivity index (χ1n) is 8.06. The van der Waals surface area contributed by atoms with Gasteiger partial charge in [0.15, 0.2) is 5.16 Å². The van der Waals surface area contributed by atoms with Gasteiger partial charge in [-0.25, -0.2) is 9.89 Å². The average Bonchev–Trinajstić information content (AvgIpc) is 3.41. The summed E-state index contributed by atoms with van der Waals surface area (Å²) in [5, 5.41) is 19.0. The molecule has 2 aromatic rings. The number of hydrogen-bond acceptors (Lipinski definition) is 5. The Morgan fingerprint density at radius 1 is 1.48 bits per heavy atom. The van der Waals surface area contributed by atoms with Crippen molar-refractivity contribution in [1.82, 2.24) is 20.1 Å². The van der Waals surface area contributed by atoms with Gasteiger partial charge in [-0.15, -0.1) is 5.10 Å². The van der Waals surface area contributed by atoms with Gasteiger partial charge in [0.2, 0.25) is 5.91 Å². The second kappa shape index (κ2) is 7.15. The zero-order valence-electron chi connectivity index (χ0n) is 13.9. The van der Waals surface area contributed by atoms with Crippen LogP contribution in [0.25, 0.3) is 0 Å². The Morgan fingerprint density at radius 3 is 2.84 bits per heavy atom. The lowest BCUT2D eigenvalue weighted by Gasteiger charge is -2.22. The molecule has 0 bridgehead atoms. The van der Waals surface area contributed by atoms with E-state index in [0.717, 1.165) is 18.4 Å². The molecule has 2 N–H and O–H groups in total. The number of carbonyl (C=O) groups excluding carboxylic acids is 1. The molecule has 0 saturated heterocycles. The highest BCUT2D eigenvalue weighted by atomic mass is 32.2. The quantitative estimate of drug-likeness (QED) is 0.731. The van der Waals surface area contributed by atoms with Crippen molar-refractivity contribution >= 4 is 17.7 Å². The molecule has 0 radical (unpaired) electrons. The molecular formula is C17H19N5O2S. The number of benzene rings is 1.